The van der Waals surface area contributed by atoms with Crippen molar-refractivity contribution in [2.24, 2.45) is 0 Å². The highest BCUT2D eigenvalue weighted by Crippen LogP contribution is 2.36. The first kappa shape index (κ1) is 31.6. The number of nitrogens with one attached hydrogen (secondary N) is 1. The van der Waals surface area contributed by atoms with E-state index >= 15 is 0 Å². The molecule has 1 aliphatic heterocycles. The van der Waals surface area contributed by atoms with E-state index in [0.29, 0.717) is 11.3 Å². The van der Waals surface area contributed by atoms with Crippen LogP contribution in [0.3, 0.4) is 0 Å². The van der Waals surface area contributed by atoms with E-state index in [9.17, 15) is 22.8 Å². The summed E-state index contributed by atoms with van der Waals surface area (Å²) >= 11 is 0.787. The summed E-state index contributed by atoms with van der Waals surface area (Å²) in [6.45, 7) is 7.65. The Bertz CT molecular complexity index is 1680. The normalized spacial score (nSPS) is 14.4. The van der Waals surface area contributed by atoms with Crippen LogP contribution in [0.1, 0.15) is 43.4 Å². The van der Waals surface area contributed by atoms with Gasteiger partial charge in [-0.2, -0.15) is 8.42 Å². The molecule has 0 aliphatic carbocycles. The summed E-state index contributed by atoms with van der Waals surface area (Å²) in [5.74, 6) is 0.257. The average Bonchev–Trinajstić information content (AvgIpc) is 3.20. The van der Waals surface area contributed by atoms with E-state index in [1.807, 2.05) is 25.1 Å². The minimum absolute atomic E-state index is 0.0728. The summed E-state index contributed by atoms with van der Waals surface area (Å²) in [5.41, 5.74) is 2.95. The van der Waals surface area contributed by atoms with Crippen molar-refractivity contribution in [3.63, 3.8) is 0 Å². The maximum atomic E-state index is 13.1. The van der Waals surface area contributed by atoms with Crippen LogP contribution >= 0.6 is 11.8 Å². The third-order valence-electron chi connectivity index (χ3n) is 6.39. The number of thioether (sulfide) groups is 1. The van der Waals surface area contributed by atoms with Crippen molar-refractivity contribution in [1.82, 2.24) is 4.90 Å². The second-order valence-corrected chi connectivity index (χ2v) is 12.6. The molecule has 0 aromatic heterocycles. The Balaban J connectivity index is 1.48. The number of anilines is 1. The zero-order valence-electron chi connectivity index (χ0n) is 24.4. The maximum absolute atomic E-state index is 13.1. The largest absolute Gasteiger partial charge is 0.493 e. The topological polar surface area (TPSA) is 128 Å². The highest BCUT2D eigenvalue weighted by Gasteiger charge is 2.35. The fraction of sp³-hybridized carbons (Fsp3) is 0.258. The second kappa shape index (κ2) is 13.3. The number of hydrogen-bond donors (Lipinski definition) is 1. The molecule has 1 saturated heterocycles. The summed E-state index contributed by atoms with van der Waals surface area (Å²) in [6, 6.07) is 16.0. The molecule has 4 rings (SSSR count). The zero-order chi connectivity index (χ0) is 31.3. The molecule has 226 valence electrons. The zero-order valence-corrected chi connectivity index (χ0v) is 26.0. The number of amides is 3. The highest BCUT2D eigenvalue weighted by atomic mass is 32.2. The van der Waals surface area contributed by atoms with Gasteiger partial charge in [-0.1, -0.05) is 32.0 Å². The van der Waals surface area contributed by atoms with Crippen LogP contribution in [0.15, 0.2) is 70.5 Å². The van der Waals surface area contributed by atoms with E-state index in [1.165, 1.54) is 56.5 Å². The predicted molar refractivity (Wildman–Crippen MR) is 165 cm³/mol. The first-order valence-corrected chi connectivity index (χ1v) is 15.6. The van der Waals surface area contributed by atoms with Gasteiger partial charge in [-0.25, -0.2) is 0 Å². The lowest BCUT2D eigenvalue weighted by Crippen LogP contribution is -2.32. The van der Waals surface area contributed by atoms with Crippen LogP contribution in [0, 0.1) is 6.92 Å². The molecule has 43 heavy (non-hydrogen) atoms. The number of nitrogens with zero attached hydrogens (tertiary/aromatic N) is 1. The summed E-state index contributed by atoms with van der Waals surface area (Å²) in [6.07, 6.45) is 1.49. The molecule has 3 amide bonds. The molecule has 0 unspecified atom stereocenters. The molecule has 0 radical (unpaired) electrons. The summed E-state index contributed by atoms with van der Waals surface area (Å²) in [4.78, 5) is 38.2. The van der Waals surface area contributed by atoms with Crippen molar-refractivity contribution in [2.75, 3.05) is 25.6 Å². The summed E-state index contributed by atoms with van der Waals surface area (Å²) in [5, 5.41) is 2.14. The Morgan fingerprint density at radius 2 is 1.72 bits per heavy atom. The Morgan fingerprint density at radius 3 is 2.37 bits per heavy atom. The van der Waals surface area contributed by atoms with Crippen molar-refractivity contribution in [3.8, 4) is 17.2 Å². The fourth-order valence-electron chi connectivity index (χ4n) is 4.26. The maximum Gasteiger partial charge on any atom is 0.339 e. The van der Waals surface area contributed by atoms with Crippen LogP contribution in [0.2, 0.25) is 0 Å². The van der Waals surface area contributed by atoms with E-state index in [4.69, 9.17) is 13.7 Å². The first-order chi connectivity index (χ1) is 20.4. The second-order valence-electron chi connectivity index (χ2n) is 10.0. The van der Waals surface area contributed by atoms with Crippen LogP contribution < -0.4 is 19.0 Å². The molecule has 1 aliphatic rings. The third kappa shape index (κ3) is 7.76. The quantitative estimate of drug-likeness (QED) is 0.203. The van der Waals surface area contributed by atoms with Crippen LogP contribution in [-0.2, 0) is 19.7 Å². The van der Waals surface area contributed by atoms with Crippen molar-refractivity contribution in [2.45, 2.75) is 38.5 Å². The average molecular weight is 625 g/mol. The van der Waals surface area contributed by atoms with E-state index in [0.717, 1.165) is 33.5 Å². The number of aryl methyl sites for hydroxylation is 1. The van der Waals surface area contributed by atoms with Gasteiger partial charge in [-0.3, -0.25) is 19.3 Å². The molecular formula is C31H32N2O8S2. The molecule has 1 fully saturated rings. The number of ether oxygens (including phenoxy) is 2. The van der Waals surface area contributed by atoms with Gasteiger partial charge < -0.3 is 19.0 Å². The predicted octanol–water partition coefficient (Wildman–Crippen LogP) is 5.97. The lowest BCUT2D eigenvalue weighted by Gasteiger charge is -2.17. The Morgan fingerprint density at radius 1 is 1.00 bits per heavy atom. The van der Waals surface area contributed by atoms with Gasteiger partial charge in [0.1, 0.15) is 17.3 Å². The number of carbonyl (C=O) groups excluding carboxylic acids is 3. The van der Waals surface area contributed by atoms with E-state index in [2.05, 4.69) is 19.2 Å². The van der Waals surface area contributed by atoms with Gasteiger partial charge in [-0.15, -0.1) is 0 Å². The van der Waals surface area contributed by atoms with Gasteiger partial charge in [0.15, 0.2) is 11.5 Å². The molecule has 1 N–H and O–H groups in total. The molecule has 1 heterocycles. The lowest BCUT2D eigenvalue weighted by molar-refractivity contribution is -0.123. The smallest absolute Gasteiger partial charge is 0.339 e. The van der Waals surface area contributed by atoms with Gasteiger partial charge in [0.05, 0.1) is 18.6 Å². The Hall–Kier alpha value is -4.29. The molecule has 0 spiro atoms. The Kier molecular flexibility index (Phi) is 9.82. The SMILES string of the molecule is COc1ccc(/C=C2\SC(=O)N(CCOc3cc(C)ccc3C(C)C)C2=O)cc1OS(=O)(=O)c1ccc(NC(C)=O)cc1. The van der Waals surface area contributed by atoms with Crippen LogP contribution in [-0.4, -0.2) is 50.6 Å². The number of rotatable bonds is 11. The lowest BCUT2D eigenvalue weighted by atomic mass is 10.0. The van der Waals surface area contributed by atoms with Crippen molar-refractivity contribution in [1.29, 1.82) is 0 Å². The van der Waals surface area contributed by atoms with Gasteiger partial charge in [0.25, 0.3) is 11.1 Å². The van der Waals surface area contributed by atoms with Crippen molar-refractivity contribution < 1.29 is 36.5 Å². The molecule has 12 heteroatoms. The van der Waals surface area contributed by atoms with Crippen molar-refractivity contribution >= 4 is 50.7 Å². The fourth-order valence-corrected chi connectivity index (χ4v) is 6.05. The van der Waals surface area contributed by atoms with E-state index in [1.54, 1.807) is 6.07 Å². The first-order valence-electron chi connectivity index (χ1n) is 13.4. The third-order valence-corrected chi connectivity index (χ3v) is 8.54. The van der Waals surface area contributed by atoms with Gasteiger partial charge in [-0.05, 0) is 89.8 Å². The molecular weight excluding hydrogens is 592 g/mol. The monoisotopic (exact) mass is 624 g/mol. The van der Waals surface area contributed by atoms with Gasteiger partial charge >= 0.3 is 10.1 Å². The number of hydrogen-bond acceptors (Lipinski definition) is 9. The highest BCUT2D eigenvalue weighted by molar-refractivity contribution is 8.18. The molecule has 0 atom stereocenters. The molecule has 3 aromatic rings. The minimum atomic E-state index is -4.27. The number of imide groups is 1. The molecule has 3 aromatic carbocycles. The molecule has 0 saturated carbocycles. The van der Waals surface area contributed by atoms with Crippen LogP contribution in [0.4, 0.5) is 10.5 Å². The summed E-state index contributed by atoms with van der Waals surface area (Å²) in [7, 11) is -2.90. The summed E-state index contributed by atoms with van der Waals surface area (Å²) < 4.78 is 42.6. The van der Waals surface area contributed by atoms with Gasteiger partial charge in [0.2, 0.25) is 5.91 Å². The van der Waals surface area contributed by atoms with Gasteiger partial charge in [0, 0.05) is 12.6 Å². The number of benzene rings is 3. The number of carbonyl (C=O) groups is 3. The van der Waals surface area contributed by atoms with E-state index in [-0.39, 0.29) is 46.3 Å². The number of methoxy groups -OCH3 is 1. The van der Waals surface area contributed by atoms with Crippen LogP contribution in [0.25, 0.3) is 6.08 Å². The molecule has 10 nitrogen and oxygen atoms in total. The van der Waals surface area contributed by atoms with E-state index < -0.39 is 21.3 Å². The van der Waals surface area contributed by atoms with Crippen LogP contribution in [0.5, 0.6) is 17.2 Å². The standard InChI is InChI=1S/C31H32N2O8S2/c1-19(2)25-12-6-20(3)16-27(25)40-15-14-33-30(35)29(42-31(33)36)18-22-7-13-26(39-5)28(17-22)41-43(37,38)24-10-8-23(9-11-24)32-21(4)34/h6-13,16-19H,14-15H2,1-5H3,(H,32,34)/b29-18-. The Labute approximate surface area is 255 Å². The minimum Gasteiger partial charge on any atom is -0.493 e. The van der Waals surface area contributed by atoms with Crippen molar-refractivity contribution in [3.05, 3.63) is 82.3 Å². The molecule has 0 bridgehead atoms.